The van der Waals surface area contributed by atoms with Gasteiger partial charge in [0.2, 0.25) is 5.91 Å². The number of likely N-dealkylation sites (N-methyl/N-ethyl adjacent to an activating group) is 1. The van der Waals surface area contributed by atoms with Crippen LogP contribution in [0.3, 0.4) is 0 Å². The van der Waals surface area contributed by atoms with E-state index in [9.17, 15) is 14.4 Å². The van der Waals surface area contributed by atoms with Gasteiger partial charge in [0.05, 0.1) is 26.7 Å². The first-order valence-electron chi connectivity index (χ1n) is 8.36. The van der Waals surface area contributed by atoms with Crippen LogP contribution < -0.4 is 9.47 Å². The predicted octanol–water partition coefficient (Wildman–Crippen LogP) is 1.10. The first-order chi connectivity index (χ1) is 12.4. The van der Waals surface area contributed by atoms with Gasteiger partial charge in [-0.3, -0.25) is 14.4 Å². The molecule has 1 unspecified atom stereocenters. The van der Waals surface area contributed by atoms with E-state index in [2.05, 4.69) is 0 Å². The number of carboxylic acids is 1. The number of piperidine rings is 1. The largest absolute Gasteiger partial charge is 0.496 e. The molecule has 0 saturated carbocycles. The summed E-state index contributed by atoms with van der Waals surface area (Å²) < 4.78 is 10.5. The molecule has 0 radical (unpaired) electrons. The minimum absolute atomic E-state index is 0.146. The van der Waals surface area contributed by atoms with E-state index in [0.717, 1.165) is 0 Å². The van der Waals surface area contributed by atoms with Crippen molar-refractivity contribution in [1.82, 2.24) is 9.80 Å². The van der Waals surface area contributed by atoms with Crippen molar-refractivity contribution >= 4 is 17.8 Å². The minimum Gasteiger partial charge on any atom is -0.496 e. The van der Waals surface area contributed by atoms with Crippen LogP contribution in [-0.4, -0.2) is 73.6 Å². The van der Waals surface area contributed by atoms with Crippen molar-refractivity contribution in [2.24, 2.45) is 5.92 Å². The van der Waals surface area contributed by atoms with Gasteiger partial charge in [-0.25, -0.2) is 0 Å². The Morgan fingerprint density at radius 2 is 1.85 bits per heavy atom. The van der Waals surface area contributed by atoms with Gasteiger partial charge in [0.15, 0.2) is 0 Å². The van der Waals surface area contributed by atoms with Crippen molar-refractivity contribution in [3.8, 4) is 11.5 Å². The van der Waals surface area contributed by atoms with Gasteiger partial charge < -0.3 is 24.4 Å². The normalized spacial score (nSPS) is 16.7. The molecule has 1 fully saturated rings. The van der Waals surface area contributed by atoms with Crippen LogP contribution in [-0.2, 0) is 9.59 Å². The van der Waals surface area contributed by atoms with Gasteiger partial charge in [-0.2, -0.15) is 0 Å². The number of carbonyl (C=O) groups excluding carboxylic acids is 2. The number of methoxy groups -OCH3 is 2. The average molecular weight is 364 g/mol. The van der Waals surface area contributed by atoms with Crippen molar-refractivity contribution in [2.75, 3.05) is 40.9 Å². The molecule has 0 aromatic heterocycles. The Balaban J connectivity index is 2.10. The number of aliphatic carboxylic acids is 1. The van der Waals surface area contributed by atoms with Crippen molar-refractivity contribution in [3.63, 3.8) is 0 Å². The van der Waals surface area contributed by atoms with Crippen molar-refractivity contribution < 1.29 is 29.0 Å². The summed E-state index contributed by atoms with van der Waals surface area (Å²) in [5, 5.41) is 9.14. The zero-order valence-electron chi connectivity index (χ0n) is 15.2. The molecule has 1 aliphatic rings. The molecule has 1 aliphatic heterocycles. The Hall–Kier alpha value is -2.77. The summed E-state index contributed by atoms with van der Waals surface area (Å²) in [5.74, 6) is -1.41. The van der Waals surface area contributed by atoms with E-state index >= 15 is 0 Å². The second-order valence-corrected chi connectivity index (χ2v) is 6.22. The van der Waals surface area contributed by atoms with E-state index < -0.39 is 17.8 Å². The van der Waals surface area contributed by atoms with Gasteiger partial charge in [-0.15, -0.1) is 0 Å². The Morgan fingerprint density at radius 3 is 2.38 bits per heavy atom. The smallest absolute Gasteiger partial charge is 0.308 e. The van der Waals surface area contributed by atoms with E-state index in [1.165, 1.54) is 31.1 Å². The Bertz CT molecular complexity index is 668. The summed E-state index contributed by atoms with van der Waals surface area (Å²) in [5.41, 5.74) is 0.245. The maximum atomic E-state index is 12.8. The Kier molecular flexibility index (Phi) is 6.43. The molecule has 1 atom stereocenters. The summed E-state index contributed by atoms with van der Waals surface area (Å²) in [7, 11) is 4.43. The maximum absolute atomic E-state index is 12.8. The number of nitrogens with zero attached hydrogens (tertiary/aromatic N) is 2. The summed E-state index contributed by atoms with van der Waals surface area (Å²) >= 11 is 0. The average Bonchev–Trinajstić information content (AvgIpc) is 2.66. The molecule has 0 aliphatic carbocycles. The molecule has 0 bridgehead atoms. The van der Waals surface area contributed by atoms with Gasteiger partial charge in [-0.1, -0.05) is 6.07 Å². The van der Waals surface area contributed by atoms with Crippen molar-refractivity contribution in [1.29, 1.82) is 0 Å². The number of carboxylic acid groups (broad SMARTS) is 1. The zero-order valence-corrected chi connectivity index (χ0v) is 15.2. The summed E-state index contributed by atoms with van der Waals surface area (Å²) in [6.45, 7) is 0.531. The van der Waals surface area contributed by atoms with Crippen molar-refractivity contribution in [3.05, 3.63) is 23.8 Å². The highest BCUT2D eigenvalue weighted by Gasteiger charge is 2.30. The molecule has 2 amide bonds. The first kappa shape index (κ1) is 19.6. The quantitative estimate of drug-likeness (QED) is 0.812. The lowest BCUT2D eigenvalue weighted by Crippen LogP contribution is -2.47. The summed E-state index contributed by atoms with van der Waals surface area (Å²) in [6.07, 6.45) is 1.20. The molecule has 1 aromatic carbocycles. The van der Waals surface area contributed by atoms with E-state index in [1.807, 2.05) is 0 Å². The first-order valence-corrected chi connectivity index (χ1v) is 8.36. The van der Waals surface area contributed by atoms with Crippen LogP contribution in [0.25, 0.3) is 0 Å². The van der Waals surface area contributed by atoms with Crippen LogP contribution in [0.5, 0.6) is 11.5 Å². The standard InChI is InChI=1S/C18H24N2O6/c1-19(11-15(21)20-9-5-6-12(10-20)18(23)24)17(22)16-13(25-2)7-4-8-14(16)26-3/h4,7-8,12H,5-6,9-11H2,1-3H3,(H,23,24). The number of benzene rings is 1. The summed E-state index contributed by atoms with van der Waals surface area (Å²) in [4.78, 5) is 39.2. The van der Waals surface area contributed by atoms with Crippen LogP contribution in [0.2, 0.25) is 0 Å². The van der Waals surface area contributed by atoms with Crippen LogP contribution in [0.15, 0.2) is 18.2 Å². The van der Waals surface area contributed by atoms with Crippen LogP contribution in [0.4, 0.5) is 0 Å². The minimum atomic E-state index is -0.898. The lowest BCUT2D eigenvalue weighted by molar-refractivity contribution is -0.145. The predicted molar refractivity (Wildman–Crippen MR) is 93.4 cm³/mol. The highest BCUT2D eigenvalue weighted by molar-refractivity contribution is 6.01. The topological polar surface area (TPSA) is 96.4 Å². The third-order valence-corrected chi connectivity index (χ3v) is 4.48. The molecular weight excluding hydrogens is 340 g/mol. The van der Waals surface area contributed by atoms with Crippen LogP contribution in [0, 0.1) is 5.92 Å². The number of carbonyl (C=O) groups is 3. The molecule has 1 saturated heterocycles. The third kappa shape index (κ3) is 4.25. The molecule has 8 nitrogen and oxygen atoms in total. The fourth-order valence-electron chi connectivity index (χ4n) is 3.03. The molecule has 0 spiro atoms. The molecule has 26 heavy (non-hydrogen) atoms. The number of amides is 2. The van der Waals surface area contributed by atoms with E-state index in [-0.39, 0.29) is 24.6 Å². The van der Waals surface area contributed by atoms with Crippen LogP contribution >= 0.6 is 0 Å². The number of ether oxygens (including phenoxy) is 2. The maximum Gasteiger partial charge on any atom is 0.308 e. The zero-order chi connectivity index (χ0) is 19.3. The van der Waals surface area contributed by atoms with E-state index in [0.29, 0.717) is 30.9 Å². The Morgan fingerprint density at radius 1 is 1.23 bits per heavy atom. The molecule has 1 aromatic rings. The van der Waals surface area contributed by atoms with Gasteiger partial charge >= 0.3 is 5.97 Å². The highest BCUT2D eigenvalue weighted by atomic mass is 16.5. The third-order valence-electron chi connectivity index (χ3n) is 4.48. The molecule has 1 heterocycles. The Labute approximate surface area is 152 Å². The number of hydrogen-bond acceptors (Lipinski definition) is 5. The van der Waals surface area contributed by atoms with Gasteiger partial charge in [0, 0.05) is 20.1 Å². The second-order valence-electron chi connectivity index (χ2n) is 6.22. The summed E-state index contributed by atoms with van der Waals surface area (Å²) in [6, 6.07) is 5.00. The molecule has 142 valence electrons. The van der Waals surface area contributed by atoms with Crippen molar-refractivity contribution in [2.45, 2.75) is 12.8 Å². The van der Waals surface area contributed by atoms with Gasteiger partial charge in [0.1, 0.15) is 17.1 Å². The lowest BCUT2D eigenvalue weighted by Gasteiger charge is -2.32. The number of rotatable bonds is 6. The molecular formula is C18H24N2O6. The number of hydrogen-bond donors (Lipinski definition) is 1. The van der Waals surface area contributed by atoms with Gasteiger partial charge in [0.25, 0.3) is 5.91 Å². The highest BCUT2D eigenvalue weighted by Crippen LogP contribution is 2.29. The van der Waals surface area contributed by atoms with E-state index in [1.54, 1.807) is 18.2 Å². The fraction of sp³-hybridized carbons (Fsp3) is 0.500. The molecule has 1 N–H and O–H groups in total. The second kappa shape index (κ2) is 8.55. The SMILES string of the molecule is COc1cccc(OC)c1C(=O)N(C)CC(=O)N1CCCC(C(=O)O)C1. The number of likely N-dealkylation sites (tertiary alicyclic amines) is 1. The lowest BCUT2D eigenvalue weighted by atomic mass is 9.98. The van der Waals surface area contributed by atoms with Crippen LogP contribution in [0.1, 0.15) is 23.2 Å². The van der Waals surface area contributed by atoms with Gasteiger partial charge in [-0.05, 0) is 25.0 Å². The van der Waals surface area contributed by atoms with E-state index in [4.69, 9.17) is 14.6 Å². The monoisotopic (exact) mass is 364 g/mol. The molecule has 8 heteroatoms. The fourth-order valence-corrected chi connectivity index (χ4v) is 3.03. The molecule has 2 rings (SSSR count).